The number of nitro groups is 1. The van der Waals surface area contributed by atoms with Crippen LogP contribution in [0.15, 0.2) is 30.7 Å². The summed E-state index contributed by atoms with van der Waals surface area (Å²) >= 11 is 0. The average Bonchev–Trinajstić information content (AvgIpc) is 2.64. The molecule has 0 aliphatic carbocycles. The molecule has 0 saturated carbocycles. The number of rotatable bonds is 2. The molecule has 6 heteroatoms. The summed E-state index contributed by atoms with van der Waals surface area (Å²) in [5, 5.41) is 10.4. The first-order valence-corrected chi connectivity index (χ1v) is 4.53. The maximum atomic E-state index is 13.6. The van der Waals surface area contributed by atoms with Crippen molar-refractivity contribution in [2.24, 2.45) is 0 Å². The van der Waals surface area contributed by atoms with E-state index in [9.17, 15) is 14.5 Å². The van der Waals surface area contributed by atoms with Crippen molar-refractivity contribution in [3.8, 4) is 5.69 Å². The van der Waals surface area contributed by atoms with Gasteiger partial charge in [0, 0.05) is 18.0 Å². The Labute approximate surface area is 90.3 Å². The van der Waals surface area contributed by atoms with E-state index in [1.165, 1.54) is 23.0 Å². The monoisotopic (exact) mass is 221 g/mol. The molecule has 16 heavy (non-hydrogen) atoms. The summed E-state index contributed by atoms with van der Waals surface area (Å²) in [6, 6.07) is 3.52. The number of aryl methyl sites for hydroxylation is 1. The highest BCUT2D eigenvalue weighted by Crippen LogP contribution is 2.20. The molecular formula is C10H8FN3O2. The second-order valence-electron chi connectivity index (χ2n) is 3.30. The van der Waals surface area contributed by atoms with Crippen LogP contribution in [0.25, 0.3) is 5.69 Å². The summed E-state index contributed by atoms with van der Waals surface area (Å²) in [6.07, 6.45) is 3.04. The van der Waals surface area contributed by atoms with Crippen molar-refractivity contribution in [3.05, 3.63) is 52.3 Å². The lowest BCUT2D eigenvalue weighted by atomic mass is 10.2. The predicted molar refractivity (Wildman–Crippen MR) is 54.9 cm³/mol. The Bertz CT molecular complexity index is 551. The SMILES string of the molecule is Cc1cncn1-c1ccc([N+](=O)[O-])cc1F. The highest BCUT2D eigenvalue weighted by molar-refractivity contribution is 5.43. The number of halogens is 1. The zero-order valence-electron chi connectivity index (χ0n) is 8.42. The van der Waals surface area contributed by atoms with Crippen LogP contribution in [-0.4, -0.2) is 14.5 Å². The lowest BCUT2D eigenvalue weighted by molar-refractivity contribution is -0.385. The second-order valence-corrected chi connectivity index (χ2v) is 3.30. The quantitative estimate of drug-likeness (QED) is 0.577. The molecule has 0 spiro atoms. The van der Waals surface area contributed by atoms with Crippen molar-refractivity contribution in [2.45, 2.75) is 6.92 Å². The van der Waals surface area contributed by atoms with E-state index < -0.39 is 10.7 Å². The largest absolute Gasteiger partial charge is 0.301 e. The van der Waals surface area contributed by atoms with E-state index in [0.717, 1.165) is 11.8 Å². The first-order valence-electron chi connectivity index (χ1n) is 4.53. The number of non-ortho nitro benzene ring substituents is 1. The molecule has 1 aromatic carbocycles. The average molecular weight is 221 g/mol. The molecular weight excluding hydrogens is 213 g/mol. The molecule has 5 nitrogen and oxygen atoms in total. The number of hydrogen-bond acceptors (Lipinski definition) is 3. The van der Waals surface area contributed by atoms with Gasteiger partial charge in [0.2, 0.25) is 0 Å². The van der Waals surface area contributed by atoms with Crippen LogP contribution in [0, 0.1) is 22.9 Å². The van der Waals surface area contributed by atoms with Gasteiger partial charge in [0.25, 0.3) is 5.69 Å². The smallest absolute Gasteiger partial charge is 0.272 e. The summed E-state index contributed by atoms with van der Waals surface area (Å²) in [6.45, 7) is 1.77. The van der Waals surface area contributed by atoms with E-state index in [2.05, 4.69) is 4.98 Å². The van der Waals surface area contributed by atoms with Gasteiger partial charge in [-0.3, -0.25) is 10.1 Å². The Morgan fingerprint density at radius 3 is 2.75 bits per heavy atom. The van der Waals surface area contributed by atoms with Crippen LogP contribution in [0.4, 0.5) is 10.1 Å². The number of benzene rings is 1. The fraction of sp³-hybridized carbons (Fsp3) is 0.100. The summed E-state index contributed by atoms with van der Waals surface area (Å²) in [5.74, 6) is -0.643. The maximum absolute atomic E-state index is 13.6. The van der Waals surface area contributed by atoms with Crippen molar-refractivity contribution >= 4 is 5.69 Å². The molecule has 1 heterocycles. The van der Waals surface area contributed by atoms with Gasteiger partial charge in [-0.05, 0) is 13.0 Å². The number of aromatic nitrogens is 2. The number of hydrogen-bond donors (Lipinski definition) is 0. The van der Waals surface area contributed by atoms with E-state index >= 15 is 0 Å². The zero-order valence-corrected chi connectivity index (χ0v) is 8.42. The highest BCUT2D eigenvalue weighted by Gasteiger charge is 2.12. The molecule has 0 radical (unpaired) electrons. The topological polar surface area (TPSA) is 61.0 Å². The molecule has 82 valence electrons. The Hall–Kier alpha value is -2.24. The number of nitrogens with zero attached hydrogens (tertiary/aromatic N) is 3. The minimum Gasteiger partial charge on any atom is -0.301 e. The Morgan fingerprint density at radius 1 is 1.50 bits per heavy atom. The van der Waals surface area contributed by atoms with Gasteiger partial charge < -0.3 is 4.57 Å². The normalized spacial score (nSPS) is 10.4. The molecule has 0 amide bonds. The first kappa shape index (κ1) is 10.3. The zero-order chi connectivity index (χ0) is 11.7. The fourth-order valence-corrected chi connectivity index (χ4v) is 1.42. The lowest BCUT2D eigenvalue weighted by Gasteiger charge is -2.05. The molecule has 0 fully saturated rings. The number of imidazole rings is 1. The van der Waals surface area contributed by atoms with E-state index in [0.29, 0.717) is 0 Å². The van der Waals surface area contributed by atoms with Crippen molar-refractivity contribution < 1.29 is 9.31 Å². The van der Waals surface area contributed by atoms with E-state index in [1.807, 2.05) is 0 Å². The predicted octanol–water partition coefficient (Wildman–Crippen LogP) is 2.23. The minimum absolute atomic E-state index is 0.251. The molecule has 2 rings (SSSR count). The van der Waals surface area contributed by atoms with Crippen molar-refractivity contribution in [1.29, 1.82) is 0 Å². The van der Waals surface area contributed by atoms with Crippen LogP contribution >= 0.6 is 0 Å². The van der Waals surface area contributed by atoms with Crippen molar-refractivity contribution in [3.63, 3.8) is 0 Å². The standard InChI is InChI=1S/C10H8FN3O2/c1-7-5-12-6-13(7)10-3-2-8(14(15)16)4-9(10)11/h2-6H,1H3. The molecule has 0 aliphatic rings. The molecule has 0 atom stereocenters. The van der Waals surface area contributed by atoms with E-state index in [-0.39, 0.29) is 11.4 Å². The van der Waals surface area contributed by atoms with Gasteiger partial charge >= 0.3 is 0 Å². The van der Waals surface area contributed by atoms with E-state index in [1.54, 1.807) is 13.1 Å². The van der Waals surface area contributed by atoms with Gasteiger partial charge in [-0.2, -0.15) is 0 Å². The Kier molecular flexibility index (Phi) is 2.40. The van der Waals surface area contributed by atoms with Gasteiger partial charge in [-0.25, -0.2) is 9.37 Å². The summed E-state index contributed by atoms with van der Waals surface area (Å²) in [5.41, 5.74) is 0.743. The fourth-order valence-electron chi connectivity index (χ4n) is 1.42. The summed E-state index contributed by atoms with van der Waals surface area (Å²) in [4.78, 5) is 13.7. The van der Waals surface area contributed by atoms with Crippen LogP contribution in [0.1, 0.15) is 5.69 Å². The van der Waals surface area contributed by atoms with Gasteiger partial charge in [-0.1, -0.05) is 0 Å². The van der Waals surface area contributed by atoms with Crippen LogP contribution in [-0.2, 0) is 0 Å². The Balaban J connectivity index is 2.52. The molecule has 0 unspecified atom stereocenters. The van der Waals surface area contributed by atoms with Crippen LogP contribution in [0.5, 0.6) is 0 Å². The molecule has 2 aromatic rings. The maximum Gasteiger partial charge on any atom is 0.272 e. The summed E-state index contributed by atoms with van der Waals surface area (Å²) < 4.78 is 15.1. The van der Waals surface area contributed by atoms with Crippen LogP contribution < -0.4 is 0 Å². The molecule has 0 aliphatic heterocycles. The van der Waals surface area contributed by atoms with Gasteiger partial charge in [0.1, 0.15) is 0 Å². The molecule has 0 saturated heterocycles. The second kappa shape index (κ2) is 3.73. The first-order chi connectivity index (χ1) is 7.59. The molecule has 0 bridgehead atoms. The molecule has 1 aromatic heterocycles. The van der Waals surface area contributed by atoms with Gasteiger partial charge in [-0.15, -0.1) is 0 Å². The third-order valence-electron chi connectivity index (χ3n) is 2.23. The third-order valence-corrected chi connectivity index (χ3v) is 2.23. The lowest BCUT2D eigenvalue weighted by Crippen LogP contribution is -1.99. The summed E-state index contributed by atoms with van der Waals surface area (Å²) in [7, 11) is 0. The van der Waals surface area contributed by atoms with Gasteiger partial charge in [0.15, 0.2) is 5.82 Å². The third kappa shape index (κ3) is 1.65. The van der Waals surface area contributed by atoms with Crippen molar-refractivity contribution in [1.82, 2.24) is 9.55 Å². The minimum atomic E-state index is -0.643. The van der Waals surface area contributed by atoms with Crippen molar-refractivity contribution in [2.75, 3.05) is 0 Å². The van der Waals surface area contributed by atoms with Crippen LogP contribution in [0.2, 0.25) is 0 Å². The molecule has 0 N–H and O–H groups in total. The van der Waals surface area contributed by atoms with Crippen LogP contribution in [0.3, 0.4) is 0 Å². The highest BCUT2D eigenvalue weighted by atomic mass is 19.1. The number of nitro benzene ring substituents is 1. The van der Waals surface area contributed by atoms with E-state index in [4.69, 9.17) is 0 Å². The van der Waals surface area contributed by atoms with Gasteiger partial charge in [0.05, 0.1) is 23.0 Å². The Morgan fingerprint density at radius 2 is 2.25 bits per heavy atom.